The molecule has 11 heteroatoms. The molecular weight excluding hydrogens is 439 g/mol. The van der Waals surface area contributed by atoms with Gasteiger partial charge in [-0.15, -0.1) is 0 Å². The van der Waals surface area contributed by atoms with Crippen LogP contribution in [0.2, 0.25) is 0 Å². The van der Waals surface area contributed by atoms with Crippen molar-refractivity contribution in [2.24, 2.45) is 0 Å². The lowest BCUT2D eigenvalue weighted by molar-refractivity contribution is -0.117. The fourth-order valence-corrected chi connectivity index (χ4v) is 4.44. The van der Waals surface area contributed by atoms with E-state index in [1.807, 2.05) is 10.7 Å². The van der Waals surface area contributed by atoms with Crippen molar-refractivity contribution < 1.29 is 14.3 Å². The first-order chi connectivity index (χ1) is 16.4. The van der Waals surface area contributed by atoms with Gasteiger partial charge < -0.3 is 15.3 Å². The van der Waals surface area contributed by atoms with Crippen LogP contribution in [0.4, 0.5) is 27.8 Å². The van der Waals surface area contributed by atoms with Gasteiger partial charge in [0.15, 0.2) is 5.82 Å². The molecule has 2 aliphatic rings. The highest BCUT2D eigenvalue weighted by atomic mass is 19.1. The average molecular weight is 469 g/mol. The number of hydrogen-bond acceptors (Lipinski definition) is 8. The number of nitrogens with zero attached hydrogens (tertiary/aromatic N) is 7. The molecule has 3 aromatic heterocycles. The number of fused-ring (bicyclic) bond motifs is 1. The van der Waals surface area contributed by atoms with Crippen LogP contribution in [0.3, 0.4) is 0 Å². The smallest absolute Gasteiger partial charge is 0.228 e. The summed E-state index contributed by atoms with van der Waals surface area (Å²) in [7, 11) is 0. The number of aromatic nitrogens is 5. The Balaban J connectivity index is 1.44. The summed E-state index contributed by atoms with van der Waals surface area (Å²) in [6.45, 7) is 5.41. The quantitative estimate of drug-likeness (QED) is 0.568. The van der Waals surface area contributed by atoms with Crippen molar-refractivity contribution in [3.63, 3.8) is 0 Å². The van der Waals surface area contributed by atoms with Gasteiger partial charge in [-0.3, -0.25) is 14.4 Å². The average Bonchev–Trinajstić information content (AvgIpc) is 3.43. The Kier molecular flexibility index (Phi) is 6.03. The molecule has 2 aliphatic heterocycles. The van der Waals surface area contributed by atoms with Crippen LogP contribution in [0, 0.1) is 0 Å². The lowest BCUT2D eigenvalue weighted by Gasteiger charge is -2.32. The highest BCUT2D eigenvalue weighted by Crippen LogP contribution is 2.33. The summed E-state index contributed by atoms with van der Waals surface area (Å²) in [6, 6.07) is 3.79. The van der Waals surface area contributed by atoms with Crippen LogP contribution < -0.4 is 15.1 Å². The van der Waals surface area contributed by atoms with E-state index in [2.05, 4.69) is 34.1 Å². The van der Waals surface area contributed by atoms with Crippen LogP contribution >= 0.6 is 0 Å². The number of carbonyl (C=O) groups is 1. The molecule has 1 amide bonds. The van der Waals surface area contributed by atoms with Crippen LogP contribution in [-0.4, -0.2) is 67.7 Å². The Labute approximate surface area is 196 Å². The van der Waals surface area contributed by atoms with Gasteiger partial charge in [0.05, 0.1) is 23.6 Å². The minimum Gasteiger partial charge on any atom is -0.390 e. The van der Waals surface area contributed by atoms with E-state index in [1.165, 1.54) is 0 Å². The van der Waals surface area contributed by atoms with E-state index in [0.717, 1.165) is 23.7 Å². The van der Waals surface area contributed by atoms with E-state index >= 15 is 0 Å². The van der Waals surface area contributed by atoms with Crippen molar-refractivity contribution in [1.82, 2.24) is 24.7 Å². The van der Waals surface area contributed by atoms with Crippen LogP contribution in [0.25, 0.3) is 10.9 Å². The molecule has 5 heterocycles. The lowest BCUT2D eigenvalue weighted by atomic mass is 10.1. The second-order valence-electron chi connectivity index (χ2n) is 8.95. The number of hydrogen-bond donors (Lipinski definition) is 2. The number of pyridine rings is 1. The van der Waals surface area contributed by atoms with E-state index in [1.54, 1.807) is 28.3 Å². The molecule has 34 heavy (non-hydrogen) atoms. The molecule has 3 aromatic rings. The van der Waals surface area contributed by atoms with Gasteiger partial charge in [-0.05, 0) is 32.3 Å². The molecule has 10 nitrogen and oxygen atoms in total. The van der Waals surface area contributed by atoms with E-state index in [4.69, 9.17) is 5.10 Å². The van der Waals surface area contributed by atoms with E-state index < -0.39 is 12.3 Å². The molecule has 2 fully saturated rings. The largest absolute Gasteiger partial charge is 0.390 e. The normalized spacial score (nSPS) is 21.9. The molecule has 0 spiro atoms. The van der Waals surface area contributed by atoms with Gasteiger partial charge in [0, 0.05) is 44.0 Å². The summed E-state index contributed by atoms with van der Waals surface area (Å²) in [5.74, 6) is 2.27. The van der Waals surface area contributed by atoms with E-state index in [0.29, 0.717) is 49.3 Å². The number of aliphatic hydroxyl groups is 1. The number of amides is 1. The SMILES string of the molecule is CCC(C)n1nc(N2CCCC2=O)c2cnc(Nc3ccnc(N4CC[C@@H](O)[C@@H](F)C4)n3)cc21. The van der Waals surface area contributed by atoms with Crippen molar-refractivity contribution in [1.29, 1.82) is 0 Å². The molecule has 0 saturated carbocycles. The van der Waals surface area contributed by atoms with Gasteiger partial charge in [-0.25, -0.2) is 14.4 Å². The number of carbonyl (C=O) groups excluding carboxylic acids is 1. The molecule has 0 radical (unpaired) electrons. The molecule has 5 rings (SSSR count). The first-order valence-corrected chi connectivity index (χ1v) is 11.8. The molecule has 2 N–H and O–H groups in total. The predicted molar refractivity (Wildman–Crippen MR) is 127 cm³/mol. The molecule has 1 unspecified atom stereocenters. The summed E-state index contributed by atoms with van der Waals surface area (Å²) in [6.07, 6.45) is 3.69. The summed E-state index contributed by atoms with van der Waals surface area (Å²) in [4.78, 5) is 29.2. The van der Waals surface area contributed by atoms with Crippen LogP contribution in [0.1, 0.15) is 45.6 Å². The number of nitrogens with one attached hydrogen (secondary N) is 1. The standard InChI is InChI=1S/C23H29FN8O2/c1-3-14(2)32-17-11-20(26-12-15(17)22(29-32)31-9-4-5-21(31)34)27-19-6-8-25-23(28-19)30-10-7-18(33)16(24)13-30/h6,8,11-12,14,16,18,33H,3-5,7,9-10,13H2,1-2H3,(H,25,26,27,28)/t14?,16-,18+/m0/s1. The molecule has 0 bridgehead atoms. The summed E-state index contributed by atoms with van der Waals surface area (Å²) in [5.41, 5.74) is 0.890. The zero-order valence-electron chi connectivity index (χ0n) is 19.4. The third-order valence-electron chi connectivity index (χ3n) is 6.60. The minimum absolute atomic E-state index is 0.0565. The van der Waals surface area contributed by atoms with Gasteiger partial charge in [-0.2, -0.15) is 10.1 Å². The van der Waals surface area contributed by atoms with Crippen molar-refractivity contribution in [2.45, 2.75) is 57.8 Å². The number of rotatable bonds is 6. The number of alkyl halides is 1. The highest BCUT2D eigenvalue weighted by Gasteiger charge is 2.29. The maximum absolute atomic E-state index is 14.0. The fraction of sp³-hybridized carbons (Fsp3) is 0.522. The minimum atomic E-state index is -1.32. The van der Waals surface area contributed by atoms with Crippen molar-refractivity contribution in [2.75, 3.05) is 34.8 Å². The number of piperidine rings is 1. The molecule has 180 valence electrons. The third kappa shape index (κ3) is 4.15. The maximum atomic E-state index is 14.0. The molecule has 3 atom stereocenters. The van der Waals surface area contributed by atoms with E-state index in [9.17, 15) is 14.3 Å². The van der Waals surface area contributed by atoms with Gasteiger partial charge in [0.1, 0.15) is 17.8 Å². The molecule has 0 aliphatic carbocycles. The molecule has 2 saturated heterocycles. The Morgan fingerprint density at radius 1 is 1.29 bits per heavy atom. The Morgan fingerprint density at radius 3 is 2.88 bits per heavy atom. The Bertz CT molecular complexity index is 1200. The second-order valence-corrected chi connectivity index (χ2v) is 8.95. The van der Waals surface area contributed by atoms with Crippen molar-refractivity contribution >= 4 is 40.2 Å². The van der Waals surface area contributed by atoms with Crippen LogP contribution in [0.15, 0.2) is 24.5 Å². The van der Waals surface area contributed by atoms with Crippen LogP contribution in [0.5, 0.6) is 0 Å². The lowest BCUT2D eigenvalue weighted by Crippen LogP contribution is -2.45. The summed E-state index contributed by atoms with van der Waals surface area (Å²) in [5, 5.41) is 18.5. The molecule has 0 aromatic carbocycles. The third-order valence-corrected chi connectivity index (χ3v) is 6.60. The maximum Gasteiger partial charge on any atom is 0.228 e. The van der Waals surface area contributed by atoms with Gasteiger partial charge >= 0.3 is 0 Å². The number of aliphatic hydroxyl groups excluding tert-OH is 1. The van der Waals surface area contributed by atoms with Gasteiger partial charge in [0.25, 0.3) is 0 Å². The first kappa shape index (κ1) is 22.5. The van der Waals surface area contributed by atoms with Gasteiger partial charge in [0.2, 0.25) is 11.9 Å². The summed E-state index contributed by atoms with van der Waals surface area (Å²) < 4.78 is 15.9. The first-order valence-electron chi connectivity index (χ1n) is 11.8. The zero-order valence-corrected chi connectivity index (χ0v) is 19.4. The number of halogens is 1. The topological polar surface area (TPSA) is 112 Å². The highest BCUT2D eigenvalue weighted by molar-refractivity contribution is 6.03. The second kappa shape index (κ2) is 9.13. The monoisotopic (exact) mass is 468 g/mol. The Morgan fingerprint density at radius 2 is 2.15 bits per heavy atom. The summed E-state index contributed by atoms with van der Waals surface area (Å²) >= 11 is 0. The van der Waals surface area contributed by atoms with Crippen molar-refractivity contribution in [3.05, 3.63) is 24.5 Å². The van der Waals surface area contributed by atoms with Gasteiger partial charge in [-0.1, -0.05) is 6.92 Å². The Hall–Kier alpha value is -3.34. The van der Waals surface area contributed by atoms with Crippen molar-refractivity contribution in [3.8, 4) is 0 Å². The predicted octanol–water partition coefficient (Wildman–Crippen LogP) is 2.97. The van der Waals surface area contributed by atoms with E-state index in [-0.39, 0.29) is 18.5 Å². The fourth-order valence-electron chi connectivity index (χ4n) is 4.44. The molecular formula is C23H29FN8O2. The zero-order chi connectivity index (χ0) is 23.8. The van der Waals surface area contributed by atoms with Crippen LogP contribution in [-0.2, 0) is 4.79 Å². The number of anilines is 4.